The quantitative estimate of drug-likeness (QED) is 0.381. The van der Waals surface area contributed by atoms with Gasteiger partial charge in [0, 0.05) is 50.7 Å². The van der Waals surface area contributed by atoms with Gasteiger partial charge in [0.2, 0.25) is 0 Å². The number of halogens is 1. The number of ketones is 1. The van der Waals surface area contributed by atoms with Crippen LogP contribution in [0.3, 0.4) is 0 Å². The van der Waals surface area contributed by atoms with Gasteiger partial charge in [0.05, 0.1) is 34.7 Å². The Bertz CT molecular complexity index is 1410. The molecule has 1 aliphatic heterocycles. The number of nitrogens with zero attached hydrogens (tertiary/aromatic N) is 5. The first kappa shape index (κ1) is 22.4. The molecule has 35 heavy (non-hydrogen) atoms. The maximum Gasteiger partial charge on any atom is 0.323 e. The minimum absolute atomic E-state index is 0.103. The van der Waals surface area contributed by atoms with Crippen molar-refractivity contribution in [3.8, 4) is 0 Å². The molecule has 10 nitrogen and oxygen atoms in total. The van der Waals surface area contributed by atoms with Crippen LogP contribution in [-0.4, -0.2) is 57.7 Å². The zero-order valence-electron chi connectivity index (χ0n) is 19.0. The first-order valence-electron chi connectivity index (χ1n) is 11.1. The van der Waals surface area contributed by atoms with E-state index in [4.69, 9.17) is 0 Å². The van der Waals surface area contributed by atoms with E-state index in [0.717, 1.165) is 38.1 Å². The van der Waals surface area contributed by atoms with Crippen LogP contribution >= 0.6 is 0 Å². The highest BCUT2D eigenvalue weighted by Crippen LogP contribution is 2.22. The average molecular weight is 475 g/mol. The van der Waals surface area contributed by atoms with Gasteiger partial charge in [0.1, 0.15) is 11.6 Å². The van der Waals surface area contributed by atoms with Gasteiger partial charge in [0.15, 0.2) is 5.78 Å². The summed E-state index contributed by atoms with van der Waals surface area (Å²) in [6.45, 7) is 3.39. The van der Waals surface area contributed by atoms with Crippen LogP contribution < -0.4 is 20.9 Å². The largest absolute Gasteiger partial charge is 0.353 e. The van der Waals surface area contributed by atoms with Gasteiger partial charge in [-0.25, -0.2) is 14.2 Å². The summed E-state index contributed by atoms with van der Waals surface area (Å²) >= 11 is 0. The van der Waals surface area contributed by atoms with Gasteiger partial charge in [0.25, 0.3) is 0 Å². The molecule has 0 spiro atoms. The Morgan fingerprint density at radius 1 is 1.00 bits per heavy atom. The number of nitrogens with one attached hydrogen (secondary N) is 3. The predicted octanol–water partition coefficient (Wildman–Crippen LogP) is 2.79. The number of benzene rings is 2. The molecule has 1 fully saturated rings. The Morgan fingerprint density at radius 3 is 2.54 bits per heavy atom. The number of hydrogen-bond acceptors (Lipinski definition) is 7. The summed E-state index contributed by atoms with van der Waals surface area (Å²) < 4.78 is 16.4. The van der Waals surface area contributed by atoms with Gasteiger partial charge in [-0.15, -0.1) is 0 Å². The summed E-state index contributed by atoms with van der Waals surface area (Å²) in [5, 5.41) is 12.4. The van der Waals surface area contributed by atoms with Gasteiger partial charge in [-0.1, -0.05) is 0 Å². The Kier molecular flexibility index (Phi) is 6.06. The summed E-state index contributed by atoms with van der Waals surface area (Å²) in [6, 6.07) is 8.32. The molecule has 1 saturated heterocycles. The van der Waals surface area contributed by atoms with Crippen LogP contribution in [0.25, 0.3) is 11.0 Å². The van der Waals surface area contributed by atoms with Crippen molar-refractivity contribution in [3.63, 3.8) is 0 Å². The van der Waals surface area contributed by atoms with E-state index in [1.54, 1.807) is 42.3 Å². The molecule has 0 unspecified atom stereocenters. The highest BCUT2D eigenvalue weighted by molar-refractivity contribution is 6.10. The second kappa shape index (κ2) is 9.47. The van der Waals surface area contributed by atoms with Crippen molar-refractivity contribution in [2.75, 3.05) is 41.7 Å². The molecule has 2 aromatic heterocycles. The van der Waals surface area contributed by atoms with Crippen LogP contribution in [0.15, 0.2) is 55.0 Å². The number of urea groups is 1. The third-order valence-corrected chi connectivity index (χ3v) is 5.67. The summed E-state index contributed by atoms with van der Waals surface area (Å²) in [7, 11) is 1.72. The lowest BCUT2D eigenvalue weighted by molar-refractivity contribution is 0.103. The number of carbonyl (C=O) groups is 2. The Labute approximate surface area is 200 Å². The SMILES string of the molecule is Cn1cc(NC(=O)Nc2ccc(C(=O)c3ccc4ncc(N5CCNCC5)nc4c3)c(F)c2)cn1. The van der Waals surface area contributed by atoms with E-state index in [1.165, 1.54) is 18.3 Å². The molecule has 11 heteroatoms. The fourth-order valence-corrected chi connectivity index (χ4v) is 3.90. The van der Waals surface area contributed by atoms with Gasteiger partial charge < -0.3 is 20.9 Å². The zero-order valence-corrected chi connectivity index (χ0v) is 19.0. The van der Waals surface area contributed by atoms with Crippen LogP contribution in [0.1, 0.15) is 15.9 Å². The monoisotopic (exact) mass is 474 g/mol. The van der Waals surface area contributed by atoms with E-state index in [0.29, 0.717) is 22.3 Å². The number of aryl methyl sites for hydroxylation is 1. The third kappa shape index (κ3) is 4.94. The normalized spacial score (nSPS) is 13.6. The summed E-state index contributed by atoms with van der Waals surface area (Å²) in [6.07, 6.45) is 4.84. The highest BCUT2D eigenvalue weighted by atomic mass is 19.1. The molecule has 3 heterocycles. The van der Waals surface area contributed by atoms with E-state index < -0.39 is 17.6 Å². The van der Waals surface area contributed by atoms with Crippen LogP contribution in [0, 0.1) is 5.82 Å². The highest BCUT2D eigenvalue weighted by Gasteiger charge is 2.17. The van der Waals surface area contributed by atoms with E-state index in [2.05, 4.69) is 35.9 Å². The zero-order chi connectivity index (χ0) is 24.4. The predicted molar refractivity (Wildman–Crippen MR) is 130 cm³/mol. The van der Waals surface area contributed by atoms with Crippen molar-refractivity contribution in [2.45, 2.75) is 0 Å². The smallest absolute Gasteiger partial charge is 0.323 e. The van der Waals surface area contributed by atoms with Crippen molar-refractivity contribution >= 4 is 40.0 Å². The molecule has 178 valence electrons. The molecule has 2 amide bonds. The van der Waals surface area contributed by atoms with E-state index in [1.807, 2.05) is 0 Å². The molecule has 2 aromatic carbocycles. The number of fused-ring (bicyclic) bond motifs is 1. The number of amides is 2. The maximum absolute atomic E-state index is 14.8. The van der Waals surface area contributed by atoms with Crippen molar-refractivity contribution in [1.82, 2.24) is 25.1 Å². The van der Waals surface area contributed by atoms with Crippen molar-refractivity contribution in [1.29, 1.82) is 0 Å². The topological polar surface area (TPSA) is 117 Å². The fraction of sp³-hybridized carbons (Fsp3) is 0.208. The van der Waals surface area contributed by atoms with Crippen molar-refractivity contribution < 1.29 is 14.0 Å². The molecule has 4 aromatic rings. The molecular formula is C24H23FN8O2. The van der Waals surface area contributed by atoms with Crippen LogP contribution in [0.4, 0.5) is 26.4 Å². The van der Waals surface area contributed by atoms with Gasteiger partial charge in [-0.05, 0) is 36.4 Å². The van der Waals surface area contributed by atoms with E-state index in [9.17, 15) is 14.0 Å². The lowest BCUT2D eigenvalue weighted by atomic mass is 10.0. The molecule has 0 radical (unpaired) electrons. The van der Waals surface area contributed by atoms with E-state index in [-0.39, 0.29) is 11.3 Å². The summed E-state index contributed by atoms with van der Waals surface area (Å²) in [5.41, 5.74) is 2.13. The number of anilines is 3. The second-order valence-electron chi connectivity index (χ2n) is 8.17. The molecule has 5 rings (SSSR count). The molecule has 0 atom stereocenters. The standard InChI is InChI=1S/C24H23FN8O2/c1-32-14-17(12-28-32)30-24(35)29-16-3-4-18(19(25)11-16)23(34)15-2-5-20-21(10-15)31-22(13-27-20)33-8-6-26-7-9-33/h2-5,10-14,26H,6-9H2,1H3,(H2,29,30,35). The van der Waals surface area contributed by atoms with Gasteiger partial charge in [-0.3, -0.25) is 14.5 Å². The lowest BCUT2D eigenvalue weighted by Crippen LogP contribution is -2.43. The minimum atomic E-state index is -0.741. The van der Waals surface area contributed by atoms with Crippen LogP contribution in [-0.2, 0) is 7.05 Å². The number of piperazine rings is 1. The number of rotatable bonds is 5. The molecular weight excluding hydrogens is 451 g/mol. The average Bonchev–Trinajstić information content (AvgIpc) is 3.27. The molecule has 0 bridgehead atoms. The Morgan fingerprint density at radius 2 is 1.80 bits per heavy atom. The van der Waals surface area contributed by atoms with Crippen molar-refractivity contribution in [3.05, 3.63) is 71.9 Å². The summed E-state index contributed by atoms with van der Waals surface area (Å²) in [5.74, 6) is -0.477. The second-order valence-corrected chi connectivity index (χ2v) is 8.17. The molecule has 0 aliphatic carbocycles. The number of hydrogen-bond donors (Lipinski definition) is 3. The molecule has 1 aliphatic rings. The van der Waals surface area contributed by atoms with Crippen molar-refractivity contribution in [2.24, 2.45) is 7.05 Å². The number of aromatic nitrogens is 4. The molecule has 0 saturated carbocycles. The van der Waals surface area contributed by atoms with Gasteiger partial charge in [-0.2, -0.15) is 5.10 Å². The number of carbonyl (C=O) groups excluding carboxylic acids is 2. The maximum atomic E-state index is 14.8. The first-order chi connectivity index (χ1) is 17.0. The Hall–Kier alpha value is -4.38. The third-order valence-electron chi connectivity index (χ3n) is 5.67. The van der Waals surface area contributed by atoms with E-state index >= 15 is 0 Å². The van der Waals surface area contributed by atoms with Crippen LogP contribution in [0.5, 0.6) is 0 Å². The first-order valence-corrected chi connectivity index (χ1v) is 11.1. The minimum Gasteiger partial charge on any atom is -0.353 e. The Balaban J connectivity index is 1.33. The van der Waals surface area contributed by atoms with Crippen LogP contribution in [0.2, 0.25) is 0 Å². The lowest BCUT2D eigenvalue weighted by Gasteiger charge is -2.28. The summed E-state index contributed by atoms with van der Waals surface area (Å²) in [4.78, 5) is 36.5. The molecule has 3 N–H and O–H groups in total. The van der Waals surface area contributed by atoms with Gasteiger partial charge >= 0.3 is 6.03 Å². The fourth-order valence-electron chi connectivity index (χ4n) is 3.90.